The van der Waals surface area contributed by atoms with Crippen LogP contribution in [0.1, 0.15) is 17.7 Å². The van der Waals surface area contributed by atoms with Gasteiger partial charge in [0.25, 0.3) is 6.43 Å². The zero-order valence-corrected chi connectivity index (χ0v) is 7.14. The highest BCUT2D eigenvalue weighted by atomic mass is 19.3. The van der Waals surface area contributed by atoms with Crippen LogP contribution in [-0.4, -0.2) is 4.98 Å². The summed E-state index contributed by atoms with van der Waals surface area (Å²) in [6, 6.07) is 7.10. The Kier molecular flexibility index (Phi) is 1.79. The molecule has 0 radical (unpaired) electrons. The van der Waals surface area contributed by atoms with Gasteiger partial charge in [-0.25, -0.2) is 8.78 Å². The third-order valence-electron chi connectivity index (χ3n) is 2.16. The minimum Gasteiger partial charge on any atom is -0.358 e. The summed E-state index contributed by atoms with van der Waals surface area (Å²) in [6.45, 7) is 1.67. The molecule has 3 heteroatoms. The molecule has 0 saturated carbocycles. The van der Waals surface area contributed by atoms with Crippen LogP contribution in [0.2, 0.25) is 0 Å². The number of fused-ring (bicyclic) bond motifs is 1. The summed E-state index contributed by atoms with van der Waals surface area (Å²) in [7, 11) is 0. The topological polar surface area (TPSA) is 15.8 Å². The van der Waals surface area contributed by atoms with Gasteiger partial charge in [0.1, 0.15) is 0 Å². The third-order valence-corrected chi connectivity index (χ3v) is 2.16. The van der Waals surface area contributed by atoms with E-state index < -0.39 is 6.43 Å². The second-order valence-electron chi connectivity index (χ2n) is 3.01. The fourth-order valence-corrected chi connectivity index (χ4v) is 1.58. The van der Waals surface area contributed by atoms with Crippen molar-refractivity contribution in [1.82, 2.24) is 4.98 Å². The Hall–Kier alpha value is -1.38. The molecule has 0 aliphatic heterocycles. The molecule has 0 aliphatic rings. The highest BCUT2D eigenvalue weighted by molar-refractivity contribution is 5.84. The van der Waals surface area contributed by atoms with E-state index in [9.17, 15) is 8.78 Å². The molecular formula is C10H9F2N. The van der Waals surface area contributed by atoms with E-state index in [0.29, 0.717) is 11.1 Å². The van der Waals surface area contributed by atoms with Crippen molar-refractivity contribution in [2.24, 2.45) is 0 Å². The lowest BCUT2D eigenvalue weighted by atomic mass is 10.1. The van der Waals surface area contributed by atoms with Crippen molar-refractivity contribution in [3.8, 4) is 0 Å². The molecule has 0 amide bonds. The van der Waals surface area contributed by atoms with Crippen LogP contribution in [-0.2, 0) is 0 Å². The molecule has 1 N–H and O–H groups in total. The second kappa shape index (κ2) is 2.83. The van der Waals surface area contributed by atoms with Gasteiger partial charge in [0.05, 0.1) is 0 Å². The van der Waals surface area contributed by atoms with Crippen molar-refractivity contribution in [2.45, 2.75) is 13.3 Å². The summed E-state index contributed by atoms with van der Waals surface area (Å²) >= 11 is 0. The van der Waals surface area contributed by atoms with Gasteiger partial charge in [-0.2, -0.15) is 0 Å². The summed E-state index contributed by atoms with van der Waals surface area (Å²) in [5.74, 6) is 0. The molecule has 13 heavy (non-hydrogen) atoms. The molecule has 0 saturated heterocycles. The maximum absolute atomic E-state index is 12.6. The molecule has 2 aromatic rings. The Balaban J connectivity index is 2.78. The lowest BCUT2D eigenvalue weighted by Crippen LogP contribution is -1.84. The van der Waals surface area contributed by atoms with Gasteiger partial charge < -0.3 is 4.98 Å². The monoisotopic (exact) mass is 181 g/mol. The number of para-hydroxylation sites is 1. The Labute approximate surface area is 74.4 Å². The lowest BCUT2D eigenvalue weighted by molar-refractivity contribution is 0.152. The van der Waals surface area contributed by atoms with Gasteiger partial charge in [-0.3, -0.25) is 0 Å². The SMILES string of the molecule is Cc1[nH]c2ccccc2c1C(F)F. The summed E-state index contributed by atoms with van der Waals surface area (Å²) in [6.07, 6.45) is -2.41. The van der Waals surface area contributed by atoms with Gasteiger partial charge in [-0.1, -0.05) is 18.2 Å². The molecule has 0 atom stereocenters. The fourth-order valence-electron chi connectivity index (χ4n) is 1.58. The first-order valence-corrected chi connectivity index (χ1v) is 4.05. The number of aromatic amines is 1. The average Bonchev–Trinajstić information content (AvgIpc) is 2.39. The van der Waals surface area contributed by atoms with Gasteiger partial charge in [0.15, 0.2) is 0 Å². The van der Waals surface area contributed by atoms with Crippen LogP contribution < -0.4 is 0 Å². The number of aryl methyl sites for hydroxylation is 1. The number of alkyl halides is 2. The molecule has 2 rings (SSSR count). The van der Waals surface area contributed by atoms with E-state index in [-0.39, 0.29) is 5.56 Å². The molecule has 1 aromatic carbocycles. The fraction of sp³-hybridized carbons (Fsp3) is 0.200. The van der Waals surface area contributed by atoms with Gasteiger partial charge in [-0.05, 0) is 13.0 Å². The quantitative estimate of drug-likeness (QED) is 0.693. The summed E-state index contributed by atoms with van der Waals surface area (Å²) in [5.41, 5.74) is 1.45. The lowest BCUT2D eigenvalue weighted by Gasteiger charge is -1.97. The van der Waals surface area contributed by atoms with Crippen LogP contribution >= 0.6 is 0 Å². The van der Waals surface area contributed by atoms with Gasteiger partial charge in [0, 0.05) is 22.2 Å². The van der Waals surface area contributed by atoms with E-state index >= 15 is 0 Å². The third kappa shape index (κ3) is 1.20. The van der Waals surface area contributed by atoms with Crippen LogP contribution in [0.5, 0.6) is 0 Å². The normalized spacial score (nSPS) is 11.4. The van der Waals surface area contributed by atoms with Gasteiger partial charge >= 0.3 is 0 Å². The van der Waals surface area contributed by atoms with Crippen LogP contribution in [0.15, 0.2) is 24.3 Å². The molecule has 0 spiro atoms. The van der Waals surface area contributed by atoms with Crippen molar-refractivity contribution in [3.05, 3.63) is 35.5 Å². The van der Waals surface area contributed by atoms with Crippen molar-refractivity contribution in [3.63, 3.8) is 0 Å². The van der Waals surface area contributed by atoms with Crippen LogP contribution in [0.3, 0.4) is 0 Å². The van der Waals surface area contributed by atoms with Gasteiger partial charge in [0.2, 0.25) is 0 Å². The average molecular weight is 181 g/mol. The first-order valence-electron chi connectivity index (χ1n) is 4.05. The van der Waals surface area contributed by atoms with Gasteiger partial charge in [-0.15, -0.1) is 0 Å². The number of hydrogen-bond donors (Lipinski definition) is 1. The largest absolute Gasteiger partial charge is 0.358 e. The van der Waals surface area contributed by atoms with E-state index in [1.807, 2.05) is 6.07 Å². The predicted molar refractivity (Wildman–Crippen MR) is 48.0 cm³/mol. The van der Waals surface area contributed by atoms with E-state index in [2.05, 4.69) is 4.98 Å². The van der Waals surface area contributed by atoms with Crippen molar-refractivity contribution in [1.29, 1.82) is 0 Å². The van der Waals surface area contributed by atoms with Crippen molar-refractivity contribution >= 4 is 10.9 Å². The summed E-state index contributed by atoms with van der Waals surface area (Å²) < 4.78 is 25.1. The smallest absolute Gasteiger partial charge is 0.266 e. The Morgan fingerprint density at radius 1 is 1.23 bits per heavy atom. The van der Waals surface area contributed by atoms with E-state index in [1.165, 1.54) is 0 Å². The zero-order chi connectivity index (χ0) is 9.42. The van der Waals surface area contributed by atoms with Crippen LogP contribution in [0.25, 0.3) is 10.9 Å². The molecule has 0 aliphatic carbocycles. The minimum absolute atomic E-state index is 0.121. The highest BCUT2D eigenvalue weighted by Gasteiger charge is 2.16. The molecule has 1 aromatic heterocycles. The van der Waals surface area contributed by atoms with E-state index in [0.717, 1.165) is 5.52 Å². The highest BCUT2D eigenvalue weighted by Crippen LogP contribution is 2.30. The van der Waals surface area contributed by atoms with E-state index in [4.69, 9.17) is 0 Å². The maximum atomic E-state index is 12.6. The van der Waals surface area contributed by atoms with E-state index in [1.54, 1.807) is 25.1 Å². The Bertz CT molecular complexity index is 431. The van der Waals surface area contributed by atoms with Crippen LogP contribution in [0, 0.1) is 6.92 Å². The Morgan fingerprint density at radius 3 is 2.62 bits per heavy atom. The Morgan fingerprint density at radius 2 is 1.92 bits per heavy atom. The maximum Gasteiger partial charge on any atom is 0.266 e. The number of hydrogen-bond acceptors (Lipinski definition) is 0. The standard InChI is InChI=1S/C10H9F2N/c1-6-9(10(11)12)7-4-2-3-5-8(7)13-6/h2-5,10,13H,1H3. The molecule has 1 nitrogen and oxygen atoms in total. The summed E-state index contributed by atoms with van der Waals surface area (Å²) in [4.78, 5) is 2.93. The molecule has 1 heterocycles. The van der Waals surface area contributed by atoms with Crippen molar-refractivity contribution in [2.75, 3.05) is 0 Å². The number of rotatable bonds is 1. The zero-order valence-electron chi connectivity index (χ0n) is 7.14. The predicted octanol–water partition coefficient (Wildman–Crippen LogP) is 3.41. The number of benzene rings is 1. The number of nitrogens with one attached hydrogen (secondary N) is 1. The molecule has 0 unspecified atom stereocenters. The first kappa shape index (κ1) is 8.23. The molecule has 0 fully saturated rings. The minimum atomic E-state index is -2.41. The second-order valence-corrected chi connectivity index (χ2v) is 3.01. The van der Waals surface area contributed by atoms with Crippen LogP contribution in [0.4, 0.5) is 8.78 Å². The molecular weight excluding hydrogens is 172 g/mol. The molecule has 68 valence electrons. The summed E-state index contributed by atoms with van der Waals surface area (Å²) in [5, 5.41) is 0.620. The first-order chi connectivity index (χ1) is 6.20. The number of aromatic nitrogens is 1. The van der Waals surface area contributed by atoms with Crippen molar-refractivity contribution < 1.29 is 8.78 Å². The number of halogens is 2. The molecule has 0 bridgehead atoms. The number of H-pyrrole nitrogens is 1.